The van der Waals surface area contributed by atoms with Crippen molar-refractivity contribution in [3.8, 4) is 0 Å². The standard InChI is InChI=1S/C17H22N2O3S/c1-12(19(2)10-13-7-8-23(21,22)11-13)17(20)15-9-18-16-6-4-3-5-14(15)16/h3-6,9,12-13,18H,7-8,10-11H2,1-2H3. The van der Waals surface area contributed by atoms with Gasteiger partial charge in [-0.3, -0.25) is 9.69 Å². The summed E-state index contributed by atoms with van der Waals surface area (Å²) in [6.07, 6.45) is 2.46. The number of aromatic amines is 1. The van der Waals surface area contributed by atoms with Gasteiger partial charge in [0.2, 0.25) is 0 Å². The van der Waals surface area contributed by atoms with Crippen LogP contribution >= 0.6 is 0 Å². The summed E-state index contributed by atoms with van der Waals surface area (Å²) >= 11 is 0. The number of nitrogens with zero attached hydrogens (tertiary/aromatic N) is 1. The van der Waals surface area contributed by atoms with Gasteiger partial charge in [0.1, 0.15) is 0 Å². The topological polar surface area (TPSA) is 70.2 Å². The molecule has 1 aromatic heterocycles. The SMILES string of the molecule is CC(C(=O)c1c[nH]c2ccccc12)N(C)CC1CCS(=O)(=O)C1. The maximum atomic E-state index is 12.8. The number of fused-ring (bicyclic) bond motifs is 1. The number of nitrogens with one attached hydrogen (secondary N) is 1. The number of hydrogen-bond donors (Lipinski definition) is 1. The number of carbonyl (C=O) groups excluding carboxylic acids is 1. The molecule has 1 aromatic carbocycles. The normalized spacial score (nSPS) is 21.8. The summed E-state index contributed by atoms with van der Waals surface area (Å²) < 4.78 is 23.1. The van der Waals surface area contributed by atoms with Gasteiger partial charge in [-0.1, -0.05) is 18.2 Å². The molecule has 6 heteroatoms. The molecular weight excluding hydrogens is 312 g/mol. The van der Waals surface area contributed by atoms with Gasteiger partial charge in [-0.2, -0.15) is 0 Å². The van der Waals surface area contributed by atoms with E-state index >= 15 is 0 Å². The van der Waals surface area contributed by atoms with E-state index in [0.29, 0.717) is 18.5 Å². The number of ketones is 1. The van der Waals surface area contributed by atoms with Crippen molar-refractivity contribution < 1.29 is 13.2 Å². The van der Waals surface area contributed by atoms with Gasteiger partial charge in [0.15, 0.2) is 15.6 Å². The number of aromatic nitrogens is 1. The molecule has 1 fully saturated rings. The first-order chi connectivity index (χ1) is 10.9. The van der Waals surface area contributed by atoms with Crippen LogP contribution in [-0.2, 0) is 9.84 Å². The van der Waals surface area contributed by atoms with E-state index in [1.165, 1.54) is 0 Å². The summed E-state index contributed by atoms with van der Waals surface area (Å²) in [4.78, 5) is 17.9. The van der Waals surface area contributed by atoms with Crippen LogP contribution in [0.5, 0.6) is 0 Å². The Labute approximate surface area is 136 Å². The Kier molecular flexibility index (Phi) is 4.29. The molecular formula is C17H22N2O3S. The minimum absolute atomic E-state index is 0.0609. The number of benzene rings is 1. The number of rotatable bonds is 5. The van der Waals surface area contributed by atoms with E-state index in [1.54, 1.807) is 6.20 Å². The van der Waals surface area contributed by atoms with E-state index in [-0.39, 0.29) is 29.2 Å². The molecule has 124 valence electrons. The highest BCUT2D eigenvalue weighted by atomic mass is 32.2. The van der Waals surface area contributed by atoms with Crippen molar-refractivity contribution in [1.29, 1.82) is 0 Å². The van der Waals surface area contributed by atoms with Crippen LogP contribution in [0.4, 0.5) is 0 Å². The summed E-state index contributed by atoms with van der Waals surface area (Å²) in [7, 11) is -0.984. The molecule has 0 spiro atoms. The number of carbonyl (C=O) groups is 1. The van der Waals surface area contributed by atoms with E-state index in [0.717, 1.165) is 10.9 Å². The van der Waals surface area contributed by atoms with Crippen molar-refractivity contribution >= 4 is 26.5 Å². The average molecular weight is 334 g/mol. The Hall–Kier alpha value is -1.66. The fourth-order valence-electron chi connectivity index (χ4n) is 3.28. The molecule has 2 atom stereocenters. The lowest BCUT2D eigenvalue weighted by atomic mass is 10.0. The number of sulfone groups is 1. The van der Waals surface area contributed by atoms with E-state index < -0.39 is 9.84 Å². The van der Waals surface area contributed by atoms with Crippen LogP contribution in [0.1, 0.15) is 23.7 Å². The van der Waals surface area contributed by atoms with Crippen LogP contribution in [0.2, 0.25) is 0 Å². The van der Waals surface area contributed by atoms with Gasteiger partial charge in [0, 0.05) is 29.2 Å². The molecule has 1 aliphatic rings. The van der Waals surface area contributed by atoms with Crippen LogP contribution in [-0.4, -0.2) is 55.2 Å². The smallest absolute Gasteiger partial charge is 0.181 e. The maximum absolute atomic E-state index is 12.8. The Morgan fingerprint density at radius 2 is 2.13 bits per heavy atom. The molecule has 23 heavy (non-hydrogen) atoms. The van der Waals surface area contributed by atoms with Gasteiger partial charge in [-0.15, -0.1) is 0 Å². The highest BCUT2D eigenvalue weighted by molar-refractivity contribution is 7.91. The zero-order valence-corrected chi connectivity index (χ0v) is 14.3. The Balaban J connectivity index is 1.72. The average Bonchev–Trinajstić information content (AvgIpc) is 3.08. The molecule has 2 unspecified atom stereocenters. The lowest BCUT2D eigenvalue weighted by Gasteiger charge is -2.25. The van der Waals surface area contributed by atoms with Crippen LogP contribution in [0, 0.1) is 5.92 Å². The summed E-state index contributed by atoms with van der Waals surface area (Å²) in [5.41, 5.74) is 1.64. The van der Waals surface area contributed by atoms with E-state index in [9.17, 15) is 13.2 Å². The van der Waals surface area contributed by atoms with Gasteiger partial charge in [0.25, 0.3) is 0 Å². The number of Topliss-reactive ketones (excluding diaryl/α,β-unsaturated/α-hetero) is 1. The lowest BCUT2D eigenvalue weighted by Crippen LogP contribution is -2.39. The summed E-state index contributed by atoms with van der Waals surface area (Å²) in [5, 5.41) is 0.932. The third-order valence-electron chi connectivity index (χ3n) is 4.77. The molecule has 2 aromatic rings. The van der Waals surface area contributed by atoms with Crippen LogP contribution in [0.3, 0.4) is 0 Å². The van der Waals surface area contributed by atoms with Crippen LogP contribution in [0.15, 0.2) is 30.5 Å². The van der Waals surface area contributed by atoms with Gasteiger partial charge >= 0.3 is 0 Å². The second kappa shape index (κ2) is 6.09. The van der Waals surface area contributed by atoms with Crippen LogP contribution < -0.4 is 0 Å². The molecule has 1 N–H and O–H groups in total. The van der Waals surface area contributed by atoms with E-state index in [4.69, 9.17) is 0 Å². The van der Waals surface area contributed by atoms with Crippen molar-refractivity contribution in [3.63, 3.8) is 0 Å². The largest absolute Gasteiger partial charge is 0.360 e. The molecule has 0 radical (unpaired) electrons. The first-order valence-electron chi connectivity index (χ1n) is 7.88. The predicted molar refractivity (Wildman–Crippen MR) is 91.5 cm³/mol. The summed E-state index contributed by atoms with van der Waals surface area (Å²) in [6, 6.07) is 7.46. The number of para-hydroxylation sites is 1. The van der Waals surface area contributed by atoms with Gasteiger partial charge < -0.3 is 4.98 Å². The van der Waals surface area contributed by atoms with E-state index in [2.05, 4.69) is 4.98 Å². The van der Waals surface area contributed by atoms with Crippen molar-refractivity contribution in [2.75, 3.05) is 25.1 Å². The number of H-pyrrole nitrogens is 1. The first-order valence-corrected chi connectivity index (χ1v) is 9.70. The molecule has 0 bridgehead atoms. The first kappa shape index (κ1) is 16.2. The Morgan fingerprint density at radius 3 is 2.83 bits per heavy atom. The van der Waals surface area contributed by atoms with Crippen molar-refractivity contribution in [1.82, 2.24) is 9.88 Å². The van der Waals surface area contributed by atoms with Gasteiger partial charge in [-0.05, 0) is 32.4 Å². The number of likely N-dealkylation sites (N-methyl/N-ethyl adjacent to an activating group) is 1. The van der Waals surface area contributed by atoms with Crippen LogP contribution in [0.25, 0.3) is 10.9 Å². The second-order valence-electron chi connectivity index (χ2n) is 6.50. The van der Waals surface area contributed by atoms with Crippen molar-refractivity contribution in [2.45, 2.75) is 19.4 Å². The molecule has 0 aliphatic carbocycles. The van der Waals surface area contributed by atoms with Gasteiger partial charge in [-0.25, -0.2) is 8.42 Å². The molecule has 3 rings (SSSR count). The monoisotopic (exact) mass is 334 g/mol. The van der Waals surface area contributed by atoms with E-state index in [1.807, 2.05) is 43.1 Å². The minimum Gasteiger partial charge on any atom is -0.360 e. The zero-order valence-electron chi connectivity index (χ0n) is 13.5. The quantitative estimate of drug-likeness (QED) is 0.850. The van der Waals surface area contributed by atoms with Crippen molar-refractivity contribution in [2.24, 2.45) is 5.92 Å². The second-order valence-corrected chi connectivity index (χ2v) is 8.73. The number of hydrogen-bond acceptors (Lipinski definition) is 4. The minimum atomic E-state index is -2.88. The third-order valence-corrected chi connectivity index (χ3v) is 6.61. The lowest BCUT2D eigenvalue weighted by molar-refractivity contribution is 0.0857. The Morgan fingerprint density at radius 1 is 1.39 bits per heavy atom. The molecule has 1 saturated heterocycles. The van der Waals surface area contributed by atoms with Gasteiger partial charge in [0.05, 0.1) is 17.5 Å². The molecule has 0 amide bonds. The summed E-state index contributed by atoms with van der Waals surface area (Å²) in [5.74, 6) is 0.704. The zero-order chi connectivity index (χ0) is 16.6. The third kappa shape index (κ3) is 3.33. The summed E-state index contributed by atoms with van der Waals surface area (Å²) in [6.45, 7) is 2.52. The fraction of sp³-hybridized carbons (Fsp3) is 0.471. The maximum Gasteiger partial charge on any atom is 0.181 e. The fourth-order valence-corrected chi connectivity index (χ4v) is 5.13. The van der Waals surface area contributed by atoms with Crippen molar-refractivity contribution in [3.05, 3.63) is 36.0 Å². The highest BCUT2D eigenvalue weighted by Crippen LogP contribution is 2.23. The predicted octanol–water partition coefficient (Wildman–Crippen LogP) is 2.11. The Bertz CT molecular complexity index is 825. The highest BCUT2D eigenvalue weighted by Gasteiger charge is 2.31. The molecule has 0 saturated carbocycles. The molecule has 5 nitrogen and oxygen atoms in total. The molecule has 2 heterocycles. The molecule has 1 aliphatic heterocycles.